The number of para-hydroxylation sites is 1. The SMILES string of the molecule is CCCCC(CN)NC(=O)c1nn(-c2ccccc2)c2c1CCC2.Cl. The Balaban J connectivity index is 0.00000225. The first kappa shape index (κ1) is 19.5. The number of unbranched alkanes of at least 4 members (excludes halogenated alkanes) is 1. The quantitative estimate of drug-likeness (QED) is 0.795. The molecule has 1 aliphatic carbocycles. The maximum atomic E-state index is 12.7. The van der Waals surface area contributed by atoms with Crippen molar-refractivity contribution in [2.45, 2.75) is 51.5 Å². The van der Waals surface area contributed by atoms with Gasteiger partial charge in [-0.1, -0.05) is 38.0 Å². The van der Waals surface area contributed by atoms with Gasteiger partial charge in [-0.3, -0.25) is 4.79 Å². The maximum Gasteiger partial charge on any atom is 0.272 e. The number of carbonyl (C=O) groups excluding carboxylic acids is 1. The Morgan fingerprint density at radius 1 is 1.32 bits per heavy atom. The standard InChI is InChI=1S/C19H26N4O.ClH/c1-2-3-8-14(13-20)21-19(24)18-16-11-7-12-17(16)23(22-18)15-9-5-4-6-10-15;/h4-6,9-10,14H,2-3,7-8,11-13,20H2,1H3,(H,21,24);1H. The lowest BCUT2D eigenvalue weighted by Crippen LogP contribution is -2.40. The minimum atomic E-state index is -0.0885. The van der Waals surface area contributed by atoms with Crippen LogP contribution in [0.5, 0.6) is 0 Å². The number of nitrogens with two attached hydrogens (primary N) is 1. The van der Waals surface area contributed by atoms with Gasteiger partial charge in [0.05, 0.1) is 5.69 Å². The van der Waals surface area contributed by atoms with Crippen LogP contribution in [0.15, 0.2) is 30.3 Å². The summed E-state index contributed by atoms with van der Waals surface area (Å²) in [6.07, 6.45) is 6.06. The van der Waals surface area contributed by atoms with Gasteiger partial charge in [0.15, 0.2) is 5.69 Å². The van der Waals surface area contributed by atoms with Crippen molar-refractivity contribution >= 4 is 18.3 Å². The molecule has 0 saturated heterocycles. The van der Waals surface area contributed by atoms with Crippen LogP contribution in [-0.2, 0) is 12.8 Å². The van der Waals surface area contributed by atoms with Gasteiger partial charge in [-0.15, -0.1) is 12.4 Å². The summed E-state index contributed by atoms with van der Waals surface area (Å²) < 4.78 is 1.93. The smallest absolute Gasteiger partial charge is 0.272 e. The van der Waals surface area contributed by atoms with Gasteiger partial charge in [0, 0.05) is 23.8 Å². The molecule has 5 nitrogen and oxygen atoms in total. The fourth-order valence-electron chi connectivity index (χ4n) is 3.36. The number of halogens is 1. The molecule has 1 aromatic heterocycles. The van der Waals surface area contributed by atoms with E-state index in [1.54, 1.807) is 0 Å². The van der Waals surface area contributed by atoms with E-state index in [9.17, 15) is 4.79 Å². The average Bonchev–Trinajstić information content (AvgIpc) is 3.21. The Morgan fingerprint density at radius 3 is 2.76 bits per heavy atom. The fraction of sp³-hybridized carbons (Fsp3) is 0.474. The van der Waals surface area contributed by atoms with Crippen molar-refractivity contribution in [2.75, 3.05) is 6.54 Å². The van der Waals surface area contributed by atoms with Crippen LogP contribution in [0.4, 0.5) is 0 Å². The summed E-state index contributed by atoms with van der Waals surface area (Å²) in [7, 11) is 0. The summed E-state index contributed by atoms with van der Waals surface area (Å²) in [5.74, 6) is -0.0885. The van der Waals surface area contributed by atoms with E-state index in [1.807, 2.05) is 35.0 Å². The fourth-order valence-corrected chi connectivity index (χ4v) is 3.36. The number of amides is 1. The largest absolute Gasteiger partial charge is 0.347 e. The number of aromatic nitrogens is 2. The zero-order valence-electron chi connectivity index (χ0n) is 14.7. The Bertz CT molecular complexity index is 699. The van der Waals surface area contributed by atoms with Gasteiger partial charge >= 0.3 is 0 Å². The number of nitrogens with one attached hydrogen (secondary N) is 1. The third-order valence-electron chi connectivity index (χ3n) is 4.67. The normalized spacial score (nSPS) is 13.8. The molecule has 0 radical (unpaired) electrons. The van der Waals surface area contributed by atoms with Crippen molar-refractivity contribution in [2.24, 2.45) is 5.73 Å². The van der Waals surface area contributed by atoms with Gasteiger partial charge in [-0.05, 0) is 37.8 Å². The molecule has 0 bridgehead atoms. The molecule has 136 valence electrons. The molecule has 0 spiro atoms. The second-order valence-corrected chi connectivity index (χ2v) is 6.42. The molecule has 1 heterocycles. The van der Waals surface area contributed by atoms with E-state index < -0.39 is 0 Å². The lowest BCUT2D eigenvalue weighted by Gasteiger charge is -2.15. The summed E-state index contributed by atoms with van der Waals surface area (Å²) in [6.45, 7) is 2.61. The Hall–Kier alpha value is -1.85. The van der Waals surface area contributed by atoms with Crippen molar-refractivity contribution in [1.29, 1.82) is 0 Å². The van der Waals surface area contributed by atoms with Crippen LogP contribution in [0.1, 0.15) is 54.4 Å². The molecular weight excluding hydrogens is 336 g/mol. The summed E-state index contributed by atoms with van der Waals surface area (Å²) in [5, 5.41) is 7.71. The van der Waals surface area contributed by atoms with E-state index >= 15 is 0 Å². The molecule has 1 amide bonds. The van der Waals surface area contributed by atoms with E-state index in [2.05, 4.69) is 17.3 Å². The molecule has 3 N–H and O–H groups in total. The van der Waals surface area contributed by atoms with E-state index in [1.165, 1.54) is 5.69 Å². The third kappa shape index (κ3) is 4.22. The molecular formula is C19H27ClN4O. The molecule has 0 aliphatic heterocycles. The predicted octanol–water partition coefficient (Wildman–Crippen LogP) is 3.03. The van der Waals surface area contributed by atoms with Gasteiger partial charge in [0.25, 0.3) is 5.91 Å². The molecule has 25 heavy (non-hydrogen) atoms. The zero-order chi connectivity index (χ0) is 16.9. The number of rotatable bonds is 7. The zero-order valence-corrected chi connectivity index (χ0v) is 15.5. The highest BCUT2D eigenvalue weighted by Crippen LogP contribution is 2.27. The van der Waals surface area contributed by atoms with Gasteiger partial charge in [0.2, 0.25) is 0 Å². The van der Waals surface area contributed by atoms with Gasteiger partial charge in [-0.25, -0.2) is 4.68 Å². The van der Waals surface area contributed by atoms with Crippen molar-refractivity contribution in [1.82, 2.24) is 15.1 Å². The lowest BCUT2D eigenvalue weighted by atomic mass is 10.1. The second kappa shape index (κ2) is 9.02. The number of fused-ring (bicyclic) bond motifs is 1. The summed E-state index contributed by atoms with van der Waals surface area (Å²) >= 11 is 0. The minimum Gasteiger partial charge on any atom is -0.347 e. The highest BCUT2D eigenvalue weighted by Gasteiger charge is 2.27. The molecule has 2 aromatic rings. The van der Waals surface area contributed by atoms with Crippen LogP contribution in [-0.4, -0.2) is 28.3 Å². The van der Waals surface area contributed by atoms with E-state index in [0.29, 0.717) is 12.2 Å². The number of hydrogen-bond acceptors (Lipinski definition) is 3. The molecule has 1 aliphatic rings. The minimum absolute atomic E-state index is 0. The van der Waals surface area contributed by atoms with Crippen LogP contribution >= 0.6 is 12.4 Å². The Labute approximate surface area is 155 Å². The first-order valence-corrected chi connectivity index (χ1v) is 8.91. The highest BCUT2D eigenvalue weighted by molar-refractivity contribution is 5.94. The predicted molar refractivity (Wildman–Crippen MR) is 103 cm³/mol. The molecule has 0 saturated carbocycles. The van der Waals surface area contributed by atoms with Crippen molar-refractivity contribution in [3.8, 4) is 5.69 Å². The molecule has 1 atom stereocenters. The monoisotopic (exact) mass is 362 g/mol. The average molecular weight is 363 g/mol. The van der Waals surface area contributed by atoms with Crippen LogP contribution in [0.2, 0.25) is 0 Å². The summed E-state index contributed by atoms with van der Waals surface area (Å²) in [6, 6.07) is 10.0. The first-order chi connectivity index (χ1) is 11.7. The van der Waals surface area contributed by atoms with Crippen molar-refractivity contribution < 1.29 is 4.79 Å². The van der Waals surface area contributed by atoms with Gasteiger partial charge < -0.3 is 11.1 Å². The number of benzene rings is 1. The van der Waals surface area contributed by atoms with Crippen LogP contribution in [0.3, 0.4) is 0 Å². The third-order valence-corrected chi connectivity index (χ3v) is 4.67. The molecule has 1 aromatic carbocycles. The number of hydrogen-bond donors (Lipinski definition) is 2. The molecule has 0 fully saturated rings. The van der Waals surface area contributed by atoms with Crippen molar-refractivity contribution in [3.63, 3.8) is 0 Å². The van der Waals surface area contributed by atoms with Crippen LogP contribution < -0.4 is 11.1 Å². The van der Waals surface area contributed by atoms with Crippen molar-refractivity contribution in [3.05, 3.63) is 47.3 Å². The van der Waals surface area contributed by atoms with Gasteiger partial charge in [0.1, 0.15) is 0 Å². The Kier molecular flexibility index (Phi) is 7.02. The number of carbonyl (C=O) groups is 1. The second-order valence-electron chi connectivity index (χ2n) is 6.42. The lowest BCUT2D eigenvalue weighted by molar-refractivity contribution is 0.0929. The maximum absolute atomic E-state index is 12.7. The van der Waals surface area contributed by atoms with E-state index in [4.69, 9.17) is 5.73 Å². The topological polar surface area (TPSA) is 72.9 Å². The van der Waals surface area contributed by atoms with E-state index in [-0.39, 0.29) is 24.4 Å². The van der Waals surface area contributed by atoms with E-state index in [0.717, 1.165) is 49.8 Å². The Morgan fingerprint density at radius 2 is 2.08 bits per heavy atom. The molecule has 6 heteroatoms. The first-order valence-electron chi connectivity index (χ1n) is 8.91. The summed E-state index contributed by atoms with van der Waals surface area (Å²) in [4.78, 5) is 12.7. The van der Waals surface area contributed by atoms with Gasteiger partial charge in [-0.2, -0.15) is 5.10 Å². The molecule has 3 rings (SSSR count). The van der Waals surface area contributed by atoms with Crippen LogP contribution in [0, 0.1) is 0 Å². The van der Waals surface area contributed by atoms with Crippen LogP contribution in [0.25, 0.3) is 5.69 Å². The highest BCUT2D eigenvalue weighted by atomic mass is 35.5. The summed E-state index contributed by atoms with van der Waals surface area (Å²) in [5.41, 5.74) is 9.66. The number of nitrogens with zero attached hydrogens (tertiary/aromatic N) is 2. The molecule has 1 unspecified atom stereocenters.